The molecule has 0 aromatic heterocycles. The third kappa shape index (κ3) is 4.02. The molecule has 0 fully saturated rings. The minimum atomic E-state index is -3.37. The summed E-state index contributed by atoms with van der Waals surface area (Å²) in [5.74, 6) is -0.0964. The van der Waals surface area contributed by atoms with Crippen molar-refractivity contribution in [2.24, 2.45) is 0 Å². The maximum absolute atomic E-state index is 12.4. The van der Waals surface area contributed by atoms with Crippen LogP contribution in [0.25, 0.3) is 0 Å². The Labute approximate surface area is 151 Å². The second kappa shape index (κ2) is 7.17. The van der Waals surface area contributed by atoms with Gasteiger partial charge in [-0.05, 0) is 30.3 Å². The molecule has 1 heterocycles. The molecule has 1 N–H and O–H groups in total. The van der Waals surface area contributed by atoms with Crippen LogP contribution in [0.3, 0.4) is 0 Å². The Morgan fingerprint density at radius 2 is 1.96 bits per heavy atom. The first kappa shape index (κ1) is 17.9. The summed E-state index contributed by atoms with van der Waals surface area (Å²) < 4.78 is 28.8. The average Bonchev–Trinajstić information content (AvgIpc) is 2.74. The Morgan fingerprint density at radius 1 is 1.19 bits per heavy atom. The van der Waals surface area contributed by atoms with Crippen LogP contribution in [0.1, 0.15) is 6.42 Å². The van der Waals surface area contributed by atoms with Crippen molar-refractivity contribution < 1.29 is 22.7 Å². The predicted molar refractivity (Wildman–Crippen MR) is 97.1 cm³/mol. The van der Waals surface area contributed by atoms with Crippen molar-refractivity contribution >= 4 is 33.0 Å². The van der Waals surface area contributed by atoms with Gasteiger partial charge < -0.3 is 10.1 Å². The number of carbonyl (C=O) groups is 2. The van der Waals surface area contributed by atoms with E-state index in [1.165, 1.54) is 17.0 Å². The molecule has 0 unspecified atom stereocenters. The van der Waals surface area contributed by atoms with Crippen LogP contribution in [0.15, 0.2) is 53.4 Å². The number of sulfone groups is 1. The van der Waals surface area contributed by atoms with Crippen LogP contribution in [0, 0.1) is 0 Å². The van der Waals surface area contributed by atoms with Gasteiger partial charge >= 0.3 is 0 Å². The van der Waals surface area contributed by atoms with Crippen molar-refractivity contribution in [2.45, 2.75) is 11.3 Å². The highest BCUT2D eigenvalue weighted by Gasteiger charge is 2.25. The van der Waals surface area contributed by atoms with Crippen LogP contribution in [-0.4, -0.2) is 39.6 Å². The van der Waals surface area contributed by atoms with Crippen molar-refractivity contribution in [3.05, 3.63) is 48.5 Å². The Balaban J connectivity index is 1.79. The number of anilines is 2. The Bertz CT molecular complexity index is 956. The molecular weight excluding hydrogens is 356 g/mol. The largest absolute Gasteiger partial charge is 0.491 e. The van der Waals surface area contributed by atoms with Crippen molar-refractivity contribution in [1.29, 1.82) is 0 Å². The lowest BCUT2D eigenvalue weighted by molar-refractivity contribution is -0.121. The second-order valence-electron chi connectivity index (χ2n) is 5.89. The fourth-order valence-corrected chi connectivity index (χ4v) is 3.31. The number of nitrogens with one attached hydrogen (secondary N) is 1. The zero-order chi connectivity index (χ0) is 18.7. The van der Waals surface area contributed by atoms with E-state index in [0.29, 0.717) is 17.1 Å². The fraction of sp³-hybridized carbons (Fsp3) is 0.222. The summed E-state index contributed by atoms with van der Waals surface area (Å²) in [6.07, 6.45) is 1.27. The number of para-hydroxylation sites is 2. The number of hydrogen-bond donors (Lipinski definition) is 1. The van der Waals surface area contributed by atoms with E-state index >= 15 is 0 Å². The van der Waals surface area contributed by atoms with E-state index < -0.39 is 15.7 Å². The molecule has 0 atom stereocenters. The molecule has 0 saturated heterocycles. The van der Waals surface area contributed by atoms with Crippen LogP contribution < -0.4 is 15.0 Å². The summed E-state index contributed by atoms with van der Waals surface area (Å²) in [7, 11) is -3.37. The first-order chi connectivity index (χ1) is 12.3. The summed E-state index contributed by atoms with van der Waals surface area (Å²) in [6.45, 7) is 0.0622. The van der Waals surface area contributed by atoms with Crippen molar-refractivity contribution in [2.75, 3.05) is 29.6 Å². The summed E-state index contributed by atoms with van der Waals surface area (Å²) in [5.41, 5.74) is 0.889. The first-order valence-electron chi connectivity index (χ1n) is 7.97. The molecule has 26 heavy (non-hydrogen) atoms. The van der Waals surface area contributed by atoms with Gasteiger partial charge in [-0.2, -0.15) is 0 Å². The number of amides is 2. The van der Waals surface area contributed by atoms with E-state index in [9.17, 15) is 18.0 Å². The lowest BCUT2D eigenvalue weighted by Gasteiger charge is -2.21. The maximum Gasteiger partial charge on any atom is 0.244 e. The van der Waals surface area contributed by atoms with Crippen LogP contribution in [0.4, 0.5) is 11.4 Å². The van der Waals surface area contributed by atoms with Gasteiger partial charge in [-0.15, -0.1) is 0 Å². The van der Waals surface area contributed by atoms with Gasteiger partial charge in [0.2, 0.25) is 11.8 Å². The molecule has 3 rings (SSSR count). The molecule has 0 radical (unpaired) electrons. The summed E-state index contributed by atoms with van der Waals surface area (Å²) in [4.78, 5) is 26.2. The van der Waals surface area contributed by atoms with E-state index in [0.717, 1.165) is 6.26 Å². The van der Waals surface area contributed by atoms with Crippen LogP contribution >= 0.6 is 0 Å². The fourth-order valence-electron chi connectivity index (χ4n) is 2.64. The third-order valence-electron chi connectivity index (χ3n) is 3.88. The van der Waals surface area contributed by atoms with Crippen molar-refractivity contribution in [3.8, 4) is 5.75 Å². The zero-order valence-electron chi connectivity index (χ0n) is 14.1. The molecule has 8 heteroatoms. The summed E-state index contributed by atoms with van der Waals surface area (Å²) in [6, 6.07) is 13.0. The van der Waals surface area contributed by atoms with E-state index in [4.69, 9.17) is 4.74 Å². The lowest BCUT2D eigenvalue weighted by atomic mass is 10.2. The topological polar surface area (TPSA) is 92.8 Å². The molecule has 2 aromatic carbocycles. The van der Waals surface area contributed by atoms with E-state index in [1.54, 1.807) is 36.4 Å². The molecule has 2 amide bonds. The molecule has 0 bridgehead atoms. The van der Waals surface area contributed by atoms with Crippen LogP contribution in [0.2, 0.25) is 0 Å². The molecule has 0 spiro atoms. The molecule has 0 saturated carbocycles. The van der Waals surface area contributed by atoms with Crippen LogP contribution in [0.5, 0.6) is 5.75 Å². The number of rotatable bonds is 4. The van der Waals surface area contributed by atoms with Gasteiger partial charge in [0, 0.05) is 11.9 Å². The van der Waals surface area contributed by atoms with Gasteiger partial charge in [0.25, 0.3) is 0 Å². The first-order valence-corrected chi connectivity index (χ1v) is 9.86. The monoisotopic (exact) mass is 374 g/mol. The van der Waals surface area contributed by atoms with Crippen molar-refractivity contribution in [3.63, 3.8) is 0 Å². The van der Waals surface area contributed by atoms with Gasteiger partial charge in [-0.3, -0.25) is 14.5 Å². The van der Waals surface area contributed by atoms with Gasteiger partial charge in [0.1, 0.15) is 12.3 Å². The summed E-state index contributed by atoms with van der Waals surface area (Å²) in [5, 5.41) is 2.64. The van der Waals surface area contributed by atoms with E-state index in [1.807, 2.05) is 0 Å². The standard InChI is InChI=1S/C18H18N2O5S/c1-26(23,24)14-6-4-5-13(11-14)19-17(21)12-20-15-7-2-3-8-16(15)25-10-9-18(20)22/h2-8,11H,9-10,12H2,1H3,(H,19,21). The van der Waals surface area contributed by atoms with Gasteiger partial charge in [-0.25, -0.2) is 8.42 Å². The number of ether oxygens (including phenoxy) is 1. The normalized spacial score (nSPS) is 14.2. The minimum Gasteiger partial charge on any atom is -0.491 e. The third-order valence-corrected chi connectivity index (χ3v) is 4.99. The number of benzene rings is 2. The molecule has 136 valence electrons. The van der Waals surface area contributed by atoms with Crippen LogP contribution in [-0.2, 0) is 19.4 Å². The Morgan fingerprint density at radius 3 is 2.73 bits per heavy atom. The quantitative estimate of drug-likeness (QED) is 0.882. The molecule has 1 aliphatic rings. The minimum absolute atomic E-state index is 0.111. The van der Waals surface area contributed by atoms with Gasteiger partial charge in [0.15, 0.2) is 9.84 Å². The SMILES string of the molecule is CS(=O)(=O)c1cccc(NC(=O)CN2C(=O)CCOc3ccccc32)c1. The van der Waals surface area contributed by atoms with E-state index in [-0.39, 0.29) is 30.4 Å². The van der Waals surface area contributed by atoms with Gasteiger partial charge in [-0.1, -0.05) is 18.2 Å². The highest BCUT2D eigenvalue weighted by atomic mass is 32.2. The maximum atomic E-state index is 12.4. The zero-order valence-corrected chi connectivity index (χ0v) is 15.0. The van der Waals surface area contributed by atoms with Crippen molar-refractivity contribution in [1.82, 2.24) is 0 Å². The Kier molecular flexibility index (Phi) is 4.94. The van der Waals surface area contributed by atoms with Gasteiger partial charge in [0.05, 0.1) is 23.6 Å². The number of carbonyl (C=O) groups excluding carboxylic acids is 2. The smallest absolute Gasteiger partial charge is 0.244 e. The second-order valence-corrected chi connectivity index (χ2v) is 7.91. The predicted octanol–water partition coefficient (Wildman–Crippen LogP) is 1.84. The molecule has 0 aliphatic carbocycles. The molecule has 1 aliphatic heterocycles. The highest BCUT2D eigenvalue weighted by molar-refractivity contribution is 7.90. The average molecular weight is 374 g/mol. The molecule has 2 aromatic rings. The number of nitrogens with zero attached hydrogens (tertiary/aromatic N) is 1. The number of fused-ring (bicyclic) bond motifs is 1. The number of hydrogen-bond acceptors (Lipinski definition) is 5. The molecule has 7 nitrogen and oxygen atoms in total. The summed E-state index contributed by atoms with van der Waals surface area (Å²) >= 11 is 0. The molecular formula is C18H18N2O5S. The van der Waals surface area contributed by atoms with E-state index in [2.05, 4.69) is 5.32 Å². The Hall–Kier alpha value is -2.87. The highest BCUT2D eigenvalue weighted by Crippen LogP contribution is 2.30. The lowest BCUT2D eigenvalue weighted by Crippen LogP contribution is -2.37.